The lowest BCUT2D eigenvalue weighted by Gasteiger charge is -2.14. The lowest BCUT2D eigenvalue weighted by atomic mass is 10.8. The highest BCUT2D eigenvalue weighted by Gasteiger charge is 2.15. The van der Waals surface area contributed by atoms with Gasteiger partial charge in [-0.1, -0.05) is 24.6 Å². The molecule has 16 heavy (non-hydrogen) atoms. The van der Waals surface area contributed by atoms with Crippen molar-refractivity contribution in [1.82, 2.24) is 9.55 Å². The van der Waals surface area contributed by atoms with Gasteiger partial charge in [0.05, 0.1) is 0 Å². The third-order valence-electron chi connectivity index (χ3n) is 2.08. The topological polar surface area (TPSA) is 70.2 Å². The second-order valence-electron chi connectivity index (χ2n) is 4.80. The van der Waals surface area contributed by atoms with Crippen LogP contribution in [0.4, 0.5) is 5.95 Å². The van der Waals surface area contributed by atoms with Crippen LogP contribution in [-0.2, 0) is 11.5 Å². The van der Waals surface area contributed by atoms with Gasteiger partial charge in [0.15, 0.2) is 6.73 Å². The molecule has 0 fully saturated rings. The van der Waals surface area contributed by atoms with Crippen LogP contribution in [0.25, 0.3) is 0 Å². The molecule has 6 nitrogen and oxygen atoms in total. The molecule has 90 valence electrons. The Hall–Kier alpha value is -1.21. The number of imidazole rings is 1. The fraction of sp³-hybridized carbons (Fsp3) is 0.667. The van der Waals surface area contributed by atoms with Gasteiger partial charge in [-0.3, -0.25) is 0 Å². The lowest BCUT2D eigenvalue weighted by Crippen LogP contribution is -2.22. The van der Waals surface area contributed by atoms with E-state index in [0.717, 1.165) is 6.04 Å². The molecule has 1 aromatic rings. The number of aromatic nitrogens is 2. The Kier molecular flexibility index (Phi) is 4.19. The van der Waals surface area contributed by atoms with Crippen molar-refractivity contribution in [2.75, 3.05) is 6.61 Å². The van der Waals surface area contributed by atoms with Crippen LogP contribution in [-0.4, -0.2) is 29.2 Å². The smallest absolute Gasteiger partial charge is 0.390 e. The zero-order valence-corrected chi connectivity index (χ0v) is 10.8. The number of hydrogen-bond donors (Lipinski definition) is 0. The summed E-state index contributed by atoms with van der Waals surface area (Å²) in [5.41, 5.74) is 0. The molecule has 1 rings (SSSR count). The molecular weight excluding hydrogens is 226 g/mol. The number of nitro groups is 1. The van der Waals surface area contributed by atoms with E-state index in [4.69, 9.17) is 4.74 Å². The summed E-state index contributed by atoms with van der Waals surface area (Å²) < 4.78 is 6.79. The van der Waals surface area contributed by atoms with Crippen LogP contribution in [0.15, 0.2) is 12.4 Å². The Labute approximate surface area is 95.4 Å². The van der Waals surface area contributed by atoms with Crippen molar-refractivity contribution in [1.29, 1.82) is 0 Å². The highest BCUT2D eigenvalue weighted by atomic mass is 28.3. The van der Waals surface area contributed by atoms with E-state index in [9.17, 15) is 10.1 Å². The van der Waals surface area contributed by atoms with Crippen molar-refractivity contribution in [2.24, 2.45) is 0 Å². The average molecular weight is 243 g/mol. The van der Waals surface area contributed by atoms with E-state index in [2.05, 4.69) is 24.6 Å². The molecule has 0 saturated carbocycles. The standard InChI is InChI=1S/C9H17N3O3Si/c1-16(2,3)7-6-15-8-11-5-4-10-9(11)12(13)14/h4-5H,6-8H2,1-3H3. The van der Waals surface area contributed by atoms with Crippen molar-refractivity contribution in [3.05, 3.63) is 22.5 Å². The van der Waals surface area contributed by atoms with Gasteiger partial charge in [-0.15, -0.1) is 0 Å². The normalized spacial score (nSPS) is 11.7. The monoisotopic (exact) mass is 243 g/mol. The molecule has 1 aromatic heterocycles. The van der Waals surface area contributed by atoms with Crippen molar-refractivity contribution < 1.29 is 9.66 Å². The van der Waals surface area contributed by atoms with Crippen molar-refractivity contribution in [3.63, 3.8) is 0 Å². The second kappa shape index (κ2) is 5.22. The van der Waals surface area contributed by atoms with E-state index in [1.807, 2.05) is 0 Å². The van der Waals surface area contributed by atoms with Crippen molar-refractivity contribution in [2.45, 2.75) is 32.4 Å². The molecule has 0 unspecified atom stereocenters. The van der Waals surface area contributed by atoms with E-state index in [-0.39, 0.29) is 12.7 Å². The lowest BCUT2D eigenvalue weighted by molar-refractivity contribution is -0.397. The zero-order chi connectivity index (χ0) is 12.2. The number of hydrogen-bond acceptors (Lipinski definition) is 4. The first-order chi connectivity index (χ1) is 7.40. The predicted molar refractivity (Wildman–Crippen MR) is 63.0 cm³/mol. The van der Waals surface area contributed by atoms with Gasteiger partial charge in [-0.25, -0.2) is 4.57 Å². The SMILES string of the molecule is C[Si](C)(C)CCOCn1ccnc1[N+](=O)[O-]. The summed E-state index contributed by atoms with van der Waals surface area (Å²) in [7, 11) is -1.10. The van der Waals surface area contributed by atoms with Crippen molar-refractivity contribution >= 4 is 14.0 Å². The van der Waals surface area contributed by atoms with E-state index in [1.165, 1.54) is 10.8 Å². The third kappa shape index (κ3) is 4.11. The highest BCUT2D eigenvalue weighted by molar-refractivity contribution is 6.76. The molecule has 0 aliphatic heterocycles. The molecule has 0 radical (unpaired) electrons. The van der Waals surface area contributed by atoms with Gasteiger partial charge < -0.3 is 14.9 Å². The molecule has 0 atom stereocenters. The predicted octanol–water partition coefficient (Wildman–Crippen LogP) is 2.10. The Balaban J connectivity index is 2.38. The zero-order valence-electron chi connectivity index (χ0n) is 9.84. The van der Waals surface area contributed by atoms with E-state index >= 15 is 0 Å². The van der Waals surface area contributed by atoms with Crippen molar-refractivity contribution in [3.8, 4) is 0 Å². The Morgan fingerprint density at radius 2 is 2.25 bits per heavy atom. The quantitative estimate of drug-likeness (QED) is 0.332. The van der Waals surface area contributed by atoms with Crippen LogP contribution in [0.2, 0.25) is 25.7 Å². The first-order valence-electron chi connectivity index (χ1n) is 5.13. The summed E-state index contributed by atoms with van der Waals surface area (Å²) in [6, 6.07) is 1.05. The van der Waals surface area contributed by atoms with Gasteiger partial charge in [-0.05, 0) is 11.0 Å². The second-order valence-corrected chi connectivity index (χ2v) is 10.4. The van der Waals surface area contributed by atoms with Crippen LogP contribution in [0.5, 0.6) is 0 Å². The maximum absolute atomic E-state index is 10.5. The minimum absolute atomic E-state index is 0.173. The minimum Gasteiger partial charge on any atom is -0.390 e. The minimum atomic E-state index is -1.10. The van der Waals surface area contributed by atoms with Gasteiger partial charge >= 0.3 is 5.95 Å². The van der Waals surface area contributed by atoms with E-state index in [1.54, 1.807) is 6.20 Å². The Morgan fingerprint density at radius 1 is 1.56 bits per heavy atom. The van der Waals surface area contributed by atoms with Crippen LogP contribution >= 0.6 is 0 Å². The molecule has 0 amide bonds. The number of rotatable bonds is 6. The fourth-order valence-corrected chi connectivity index (χ4v) is 1.87. The number of nitrogens with zero attached hydrogens (tertiary/aromatic N) is 3. The summed E-state index contributed by atoms with van der Waals surface area (Å²) in [6.45, 7) is 7.62. The molecule has 0 bridgehead atoms. The Bertz CT molecular complexity index is 359. The van der Waals surface area contributed by atoms with Gasteiger partial charge in [0.1, 0.15) is 12.4 Å². The molecule has 0 N–H and O–H groups in total. The summed E-state index contributed by atoms with van der Waals surface area (Å²) in [5.74, 6) is -0.173. The van der Waals surface area contributed by atoms with Gasteiger partial charge in [0.25, 0.3) is 0 Å². The largest absolute Gasteiger partial charge is 0.436 e. The van der Waals surface area contributed by atoms with E-state index in [0.29, 0.717) is 6.61 Å². The molecular formula is C9H17N3O3Si. The molecule has 7 heteroatoms. The Morgan fingerprint density at radius 3 is 2.81 bits per heavy atom. The van der Waals surface area contributed by atoms with Crippen LogP contribution in [0, 0.1) is 10.1 Å². The first-order valence-corrected chi connectivity index (χ1v) is 8.84. The summed E-state index contributed by atoms with van der Waals surface area (Å²) in [4.78, 5) is 13.7. The maximum Gasteiger partial charge on any atom is 0.436 e. The van der Waals surface area contributed by atoms with Gasteiger partial charge in [0, 0.05) is 14.7 Å². The van der Waals surface area contributed by atoms with E-state index < -0.39 is 13.0 Å². The van der Waals surface area contributed by atoms with Gasteiger partial charge in [-0.2, -0.15) is 0 Å². The molecule has 0 aliphatic rings. The maximum atomic E-state index is 10.5. The molecule has 0 saturated heterocycles. The molecule has 0 spiro atoms. The number of ether oxygens (including phenoxy) is 1. The van der Waals surface area contributed by atoms with Crippen LogP contribution in [0.1, 0.15) is 0 Å². The average Bonchev–Trinajstić information content (AvgIpc) is 2.58. The summed E-state index contributed by atoms with van der Waals surface area (Å²) in [6.07, 6.45) is 2.95. The third-order valence-corrected chi connectivity index (χ3v) is 3.79. The van der Waals surface area contributed by atoms with Crippen LogP contribution < -0.4 is 0 Å². The van der Waals surface area contributed by atoms with Crippen LogP contribution in [0.3, 0.4) is 0 Å². The molecule has 0 aliphatic carbocycles. The summed E-state index contributed by atoms with van der Waals surface area (Å²) in [5, 5.41) is 10.5. The fourth-order valence-electron chi connectivity index (χ4n) is 1.12. The summed E-state index contributed by atoms with van der Waals surface area (Å²) >= 11 is 0. The van der Waals surface area contributed by atoms with Gasteiger partial charge in [0.2, 0.25) is 0 Å². The molecule has 1 heterocycles. The first kappa shape index (κ1) is 12.9. The highest BCUT2D eigenvalue weighted by Crippen LogP contribution is 2.10. The molecule has 0 aromatic carbocycles.